The van der Waals surface area contributed by atoms with Crippen LogP contribution in [0, 0.1) is 32.5 Å². The van der Waals surface area contributed by atoms with Crippen LogP contribution in [0.1, 0.15) is 67.2 Å². The topological polar surface area (TPSA) is 183 Å². The molecule has 314 valence electrons. The maximum atomic E-state index is 13.9. The average molecular weight is 902 g/mol. The Balaban J connectivity index is 0. The van der Waals surface area contributed by atoms with Crippen molar-refractivity contribution in [3.05, 3.63) is 0 Å². The summed E-state index contributed by atoms with van der Waals surface area (Å²) in [4.78, 5) is 70.5. The first-order valence-corrected chi connectivity index (χ1v) is 14.2. The van der Waals surface area contributed by atoms with E-state index in [2.05, 4.69) is 0 Å². The Morgan fingerprint density at radius 3 is 0.741 bits per heavy atom. The summed E-state index contributed by atoms with van der Waals surface area (Å²) < 4.78 is 183. The molecule has 10 nitrogen and oxygen atoms in total. The molecule has 4 atom stereocenters. The van der Waals surface area contributed by atoms with Crippen LogP contribution in [0.2, 0.25) is 0 Å². The number of carbonyl (C=O) groups excluding carboxylic acids is 2. The zero-order chi connectivity index (χ0) is 42.3. The molecule has 2 aliphatic rings. The first-order chi connectivity index (χ1) is 22.5. The monoisotopic (exact) mass is 902 g/mol. The minimum Gasteiger partial charge on any atom is -0.481 e. The van der Waals surface area contributed by atoms with Crippen molar-refractivity contribution in [3.63, 3.8) is 0 Å². The average Bonchev–Trinajstić information content (AvgIpc) is 3.31. The predicted octanol–water partition coefficient (Wildman–Crippen LogP) is 6.74. The Labute approximate surface area is 315 Å². The zero-order valence-electron chi connectivity index (χ0n) is 28.1. The van der Waals surface area contributed by atoms with Gasteiger partial charge in [0, 0.05) is 45.0 Å². The van der Waals surface area contributed by atoms with Crippen LogP contribution in [0.15, 0.2) is 0 Å². The maximum Gasteiger partial charge on any atom is 0.460 e. The Morgan fingerprint density at radius 1 is 0.407 bits per heavy atom. The van der Waals surface area contributed by atoms with Crippen LogP contribution in [0.25, 0.3) is 0 Å². The third-order valence-electron chi connectivity index (χ3n) is 11.4. The van der Waals surface area contributed by atoms with Gasteiger partial charge in [-0.3, -0.25) is 28.8 Å². The van der Waals surface area contributed by atoms with Gasteiger partial charge in [-0.2, -0.15) is 61.5 Å². The number of rotatable bonds is 10. The number of carboxylic acid groups (broad SMARTS) is 4. The fourth-order valence-electron chi connectivity index (χ4n) is 6.73. The third-order valence-corrected chi connectivity index (χ3v) is 11.4. The van der Waals surface area contributed by atoms with Gasteiger partial charge in [-0.1, -0.05) is 27.7 Å². The van der Waals surface area contributed by atoms with E-state index >= 15 is 0 Å². The molecule has 0 aromatic carbocycles. The van der Waals surface area contributed by atoms with E-state index in [-0.39, 0.29) is 34.1 Å². The van der Waals surface area contributed by atoms with Crippen molar-refractivity contribution in [3.8, 4) is 0 Å². The Kier molecular flexibility index (Phi) is 14.5. The molecule has 26 heteroatoms. The summed E-state index contributed by atoms with van der Waals surface area (Å²) in [7, 11) is 0. The van der Waals surface area contributed by atoms with Gasteiger partial charge in [-0.15, -0.1) is 0 Å². The van der Waals surface area contributed by atoms with Crippen LogP contribution >= 0.6 is 0 Å². The number of halogens is 14. The maximum absolute atomic E-state index is 13.9. The molecular formula is C28H30F14Mn2O10. The molecule has 2 unspecified atom stereocenters. The summed E-state index contributed by atoms with van der Waals surface area (Å²) in [6.45, 7) is 4.88. The van der Waals surface area contributed by atoms with Crippen molar-refractivity contribution in [2.75, 3.05) is 0 Å². The van der Waals surface area contributed by atoms with Gasteiger partial charge in [-0.05, 0) is 39.5 Å². The number of carbonyl (C=O) groups is 6. The summed E-state index contributed by atoms with van der Waals surface area (Å²) >= 11 is 0. The van der Waals surface area contributed by atoms with Crippen LogP contribution in [0.5, 0.6) is 0 Å². The van der Waals surface area contributed by atoms with Crippen LogP contribution in [0.4, 0.5) is 61.5 Å². The molecule has 2 saturated carbocycles. The predicted molar refractivity (Wildman–Crippen MR) is 140 cm³/mol. The second-order valence-corrected chi connectivity index (χ2v) is 13.9. The van der Waals surface area contributed by atoms with E-state index in [1.54, 1.807) is 0 Å². The van der Waals surface area contributed by atoms with Gasteiger partial charge in [-0.25, -0.2) is 0 Å². The minimum atomic E-state index is -6.84. The third kappa shape index (κ3) is 6.66. The van der Waals surface area contributed by atoms with E-state index < -0.39 is 130 Å². The molecule has 0 spiro atoms. The molecule has 0 amide bonds. The zero-order valence-corrected chi connectivity index (χ0v) is 30.5. The molecule has 0 aromatic heterocycles. The Hall–Kier alpha value is -2.72. The van der Waals surface area contributed by atoms with E-state index in [0.717, 1.165) is 41.5 Å². The van der Waals surface area contributed by atoms with E-state index in [9.17, 15) is 111 Å². The van der Waals surface area contributed by atoms with Crippen molar-refractivity contribution in [1.82, 2.24) is 0 Å². The van der Waals surface area contributed by atoms with Crippen molar-refractivity contribution in [2.45, 2.75) is 103 Å². The normalized spacial score (nSPS) is 28.4. The van der Waals surface area contributed by atoms with Crippen molar-refractivity contribution in [1.29, 1.82) is 0 Å². The van der Waals surface area contributed by atoms with Gasteiger partial charge >= 0.3 is 59.9 Å². The summed E-state index contributed by atoms with van der Waals surface area (Å²) in [6.07, 6.45) is -17.3. The smallest absolute Gasteiger partial charge is 0.460 e. The van der Waals surface area contributed by atoms with Gasteiger partial charge in [0.25, 0.3) is 0 Å². The van der Waals surface area contributed by atoms with Gasteiger partial charge < -0.3 is 20.4 Å². The number of ketones is 2. The summed E-state index contributed by atoms with van der Waals surface area (Å²) in [5.74, 6) is -41.0. The molecule has 2 rings (SSSR count). The van der Waals surface area contributed by atoms with Crippen molar-refractivity contribution >= 4 is 35.4 Å². The fourth-order valence-corrected chi connectivity index (χ4v) is 6.73. The standard InChI is InChI=1S/2C14H15F7O5.2Mn/c2*1-9(2)10(3,7(23)24)4-5-11(9,8(25)26)6(22)12(15,16)13(17,18)14(19,20)21;;/h2*4-5H2,1-3H3,(H,23,24)(H,25,26);;/t2*10-,11?;;/m00../s1. The Morgan fingerprint density at radius 2 is 0.611 bits per heavy atom. The van der Waals surface area contributed by atoms with Crippen molar-refractivity contribution < 1.29 is 145 Å². The van der Waals surface area contributed by atoms with Gasteiger partial charge in [0.1, 0.15) is 10.8 Å². The number of carboxylic acids is 4. The van der Waals surface area contributed by atoms with Gasteiger partial charge in [0.05, 0.1) is 10.8 Å². The fraction of sp³-hybridized carbons (Fsp3) is 0.786. The summed E-state index contributed by atoms with van der Waals surface area (Å²) in [5.41, 5.74) is -16.0. The molecule has 2 fully saturated rings. The van der Waals surface area contributed by atoms with Crippen LogP contribution < -0.4 is 0 Å². The quantitative estimate of drug-likeness (QED) is 0.104. The molecule has 2 aliphatic carbocycles. The molecule has 0 aromatic rings. The molecule has 0 saturated heterocycles. The number of alkyl halides is 14. The Bertz CT molecular complexity index is 1430. The summed E-state index contributed by atoms with van der Waals surface area (Å²) in [5, 5.41) is 37.2. The van der Waals surface area contributed by atoms with E-state index in [0.29, 0.717) is 0 Å². The molecular weight excluding hydrogens is 872 g/mol. The largest absolute Gasteiger partial charge is 0.481 e. The van der Waals surface area contributed by atoms with Crippen LogP contribution in [-0.4, -0.2) is 91.9 Å². The van der Waals surface area contributed by atoms with Crippen LogP contribution in [-0.2, 0) is 62.9 Å². The van der Waals surface area contributed by atoms with Gasteiger partial charge in [0.2, 0.25) is 11.6 Å². The summed E-state index contributed by atoms with van der Waals surface area (Å²) in [6, 6.07) is 0. The van der Waals surface area contributed by atoms with E-state index in [4.69, 9.17) is 0 Å². The first-order valence-electron chi connectivity index (χ1n) is 14.2. The molecule has 0 bridgehead atoms. The minimum absolute atomic E-state index is 0. The SMILES string of the molecule is CC1(C)C(C(=O)O)(C(=O)C(F)(F)C(F)(F)C(F)(F)F)CC[C@@]1(C)C(=O)O.CC1(C)C(C(=O)O)(C(=O)C(F)(F)C(F)(F)C(F)(F)F)CC[C@@]1(C)C(=O)O.[Mn].[Mn]. The number of hydrogen-bond acceptors (Lipinski definition) is 6. The second kappa shape index (κ2) is 14.7. The van der Waals surface area contributed by atoms with Crippen LogP contribution in [0.3, 0.4) is 0 Å². The second-order valence-electron chi connectivity index (χ2n) is 13.9. The molecule has 0 aliphatic heterocycles. The molecule has 0 heterocycles. The van der Waals surface area contributed by atoms with Gasteiger partial charge in [0.15, 0.2) is 0 Å². The number of hydrogen-bond donors (Lipinski definition) is 4. The number of aliphatic carboxylic acids is 4. The van der Waals surface area contributed by atoms with E-state index in [1.165, 1.54) is 0 Å². The molecule has 4 N–H and O–H groups in total. The first kappa shape index (κ1) is 53.4. The molecule has 54 heavy (non-hydrogen) atoms. The molecule has 2 radical (unpaired) electrons. The van der Waals surface area contributed by atoms with E-state index in [1.807, 2.05) is 0 Å². The van der Waals surface area contributed by atoms with Crippen molar-refractivity contribution in [2.24, 2.45) is 32.5 Å². The number of Topliss-reactive ketones (excluding diaryl/α,β-unsaturated/α-hetero) is 2.